The molecule has 0 aliphatic rings. The predicted octanol–water partition coefficient (Wildman–Crippen LogP) is 30.4. The van der Waals surface area contributed by atoms with Crippen LogP contribution in [0.3, 0.4) is 0 Å². The van der Waals surface area contributed by atoms with Crippen molar-refractivity contribution in [3.63, 3.8) is 0 Å². The Kier molecular flexibility index (Phi) is 69.4. The number of ether oxygens (including phenoxy) is 2. The van der Waals surface area contributed by atoms with E-state index in [0.29, 0.717) is 13.2 Å². The van der Waals surface area contributed by atoms with Crippen LogP contribution in [0.5, 0.6) is 5.75 Å². The minimum atomic E-state index is 0.667. The van der Waals surface area contributed by atoms with Crippen molar-refractivity contribution in [2.45, 2.75) is 486 Å². The molecule has 4 nitrogen and oxygen atoms in total. The van der Waals surface area contributed by atoms with Crippen molar-refractivity contribution < 1.29 is 18.4 Å². The molecule has 0 saturated heterocycles. The maximum atomic E-state index is 7.37. The zero-order valence-corrected chi connectivity index (χ0v) is 66.6. The van der Waals surface area contributed by atoms with Crippen LogP contribution in [-0.2, 0) is 24.2 Å². The number of aryl methyl sites for hydroxylation is 1. The number of benzene rings is 1. The Labute approximate surface area is 594 Å². The van der Waals surface area contributed by atoms with Crippen LogP contribution in [0.4, 0.5) is 0 Å². The minimum absolute atomic E-state index is 0.667. The third-order valence-corrected chi connectivity index (χ3v) is 22.2. The molecule has 4 heteroatoms. The van der Waals surface area contributed by atoms with E-state index < -0.39 is 0 Å². The highest BCUT2D eigenvalue weighted by Gasteiger charge is 2.32. The summed E-state index contributed by atoms with van der Waals surface area (Å²) in [7, 11) is 0. The Morgan fingerprint density at radius 1 is 0.213 bits per heavy atom. The van der Waals surface area contributed by atoms with Gasteiger partial charge in [-0.1, -0.05) is 376 Å². The van der Waals surface area contributed by atoms with Gasteiger partial charge < -0.3 is 18.4 Å². The molecule has 0 radical (unpaired) electrons. The highest BCUT2D eigenvalue weighted by Crippen LogP contribution is 2.35. The van der Waals surface area contributed by atoms with E-state index in [-0.39, 0.29) is 0 Å². The summed E-state index contributed by atoms with van der Waals surface area (Å²) in [6.07, 6.45) is 91.1. The first kappa shape index (κ1) is 90.9. The molecule has 0 amide bonds. The lowest BCUT2D eigenvalue weighted by atomic mass is 9.96. The Bertz CT molecular complexity index is 1500. The summed E-state index contributed by atoms with van der Waals surface area (Å²) in [5.74, 6) is 1.28. The molecular weight excluding hydrogens is 1140 g/mol. The molecule has 0 saturated carbocycles. The van der Waals surface area contributed by atoms with Crippen molar-refractivity contribution in [1.29, 1.82) is 0 Å². The smallest absolute Gasteiger partial charge is 0.131 e. The molecule has 0 spiro atoms. The van der Waals surface area contributed by atoms with Crippen LogP contribution >= 0.6 is 0 Å². The number of hydrogen-bond acceptors (Lipinski definition) is 2. The zero-order valence-electron chi connectivity index (χ0n) is 66.6. The van der Waals surface area contributed by atoms with Gasteiger partial charge in [0.05, 0.1) is 45.9 Å². The topological polar surface area (TPSA) is 18.5 Å². The van der Waals surface area contributed by atoms with E-state index in [2.05, 4.69) is 67.5 Å². The summed E-state index contributed by atoms with van der Waals surface area (Å²) in [6.45, 7) is 31.6. The van der Waals surface area contributed by atoms with Crippen LogP contribution < -0.4 is 4.74 Å². The lowest BCUT2D eigenvalue weighted by molar-refractivity contribution is -0.942. The molecule has 558 valence electrons. The summed E-state index contributed by atoms with van der Waals surface area (Å²) in [4.78, 5) is 0. The molecule has 0 fully saturated rings. The molecule has 1 aromatic rings. The summed E-state index contributed by atoms with van der Waals surface area (Å²) in [6, 6.07) is 5.60. The van der Waals surface area contributed by atoms with Gasteiger partial charge in [0, 0.05) is 17.7 Å². The van der Waals surface area contributed by atoms with E-state index >= 15 is 0 Å². The van der Waals surface area contributed by atoms with Gasteiger partial charge in [0.15, 0.2) is 0 Å². The van der Waals surface area contributed by atoms with Crippen molar-refractivity contribution in [1.82, 2.24) is 0 Å². The normalized spacial score (nSPS) is 12.1. The molecule has 0 aliphatic carbocycles. The number of hydrogen-bond donors (Lipinski definition) is 0. The first-order chi connectivity index (χ1) is 46.4. The zero-order chi connectivity index (χ0) is 67.9. The van der Waals surface area contributed by atoms with Crippen molar-refractivity contribution in [2.75, 3.05) is 59.1 Å². The molecule has 0 N–H and O–H groups in total. The van der Waals surface area contributed by atoms with E-state index in [9.17, 15) is 0 Å². The third-order valence-electron chi connectivity index (χ3n) is 22.2. The first-order valence-corrected chi connectivity index (χ1v) is 44.5. The van der Waals surface area contributed by atoms with Crippen LogP contribution in [0.1, 0.15) is 483 Å². The fourth-order valence-electron chi connectivity index (χ4n) is 15.8. The highest BCUT2D eigenvalue weighted by molar-refractivity contribution is 5.45. The maximum Gasteiger partial charge on any atom is 0.131 e. The summed E-state index contributed by atoms with van der Waals surface area (Å²) < 4.78 is 16.3. The van der Waals surface area contributed by atoms with Crippen LogP contribution in [0.15, 0.2) is 12.1 Å². The van der Waals surface area contributed by atoms with Gasteiger partial charge in [-0.3, -0.25) is 0 Å². The first-order valence-electron chi connectivity index (χ1n) is 44.5. The van der Waals surface area contributed by atoms with E-state index in [1.54, 1.807) is 11.1 Å². The van der Waals surface area contributed by atoms with Crippen molar-refractivity contribution >= 4 is 0 Å². The molecule has 94 heavy (non-hydrogen) atoms. The van der Waals surface area contributed by atoms with Crippen LogP contribution in [0.2, 0.25) is 0 Å². The molecule has 1 rings (SSSR count). The summed E-state index contributed by atoms with van der Waals surface area (Å²) in [5, 5.41) is 0. The number of quaternary nitrogens is 2. The van der Waals surface area contributed by atoms with Gasteiger partial charge in [-0.2, -0.15) is 0 Å². The van der Waals surface area contributed by atoms with Crippen LogP contribution in [-0.4, -0.2) is 68.1 Å². The molecule has 0 bridgehead atoms. The van der Waals surface area contributed by atoms with Crippen molar-refractivity contribution in [3.05, 3.63) is 28.8 Å². The Morgan fingerprint density at radius 2 is 0.436 bits per heavy atom. The van der Waals surface area contributed by atoms with Crippen molar-refractivity contribution in [2.24, 2.45) is 0 Å². The minimum Gasteiger partial charge on any atom is -0.490 e. The van der Waals surface area contributed by atoms with Gasteiger partial charge >= 0.3 is 0 Å². The Hall–Kier alpha value is -1.10. The van der Waals surface area contributed by atoms with E-state index in [1.807, 2.05) is 0 Å². The van der Waals surface area contributed by atoms with Gasteiger partial charge in [0.1, 0.15) is 25.4 Å². The molecule has 0 aliphatic heterocycles. The average molecular weight is 1320 g/mol. The quantitative estimate of drug-likeness (QED) is 0.0478. The second-order valence-electron chi connectivity index (χ2n) is 31.6. The third kappa shape index (κ3) is 55.6. The van der Waals surface area contributed by atoms with Gasteiger partial charge in [0.25, 0.3) is 0 Å². The number of unbranched alkanes of at least 4 members (excludes halogenated alkanes) is 56. The molecule has 0 aromatic heterocycles. The maximum absolute atomic E-state index is 7.37. The second-order valence-corrected chi connectivity index (χ2v) is 31.6. The van der Waals surface area contributed by atoms with Gasteiger partial charge in [-0.25, -0.2) is 0 Å². The average Bonchev–Trinajstić information content (AvgIpc) is 0.803. The number of nitrogens with zero attached hydrogens (tertiary/aromatic N) is 2. The fraction of sp³-hybridized carbons (Fsp3) is 0.933. The van der Waals surface area contributed by atoms with Crippen molar-refractivity contribution in [3.8, 4) is 5.75 Å². The van der Waals surface area contributed by atoms with Crippen LogP contribution in [0.25, 0.3) is 0 Å². The molecular formula is C90H178N2O2+2. The molecule has 1 aromatic carbocycles. The van der Waals surface area contributed by atoms with Crippen LogP contribution in [0, 0.1) is 0 Å². The van der Waals surface area contributed by atoms with E-state index in [0.717, 1.165) is 26.0 Å². The van der Waals surface area contributed by atoms with Gasteiger partial charge in [-0.15, -0.1) is 0 Å². The SMILES string of the molecule is CCCCCCCCCCCC[N+](CCCCCCCCCCCC)(CCCCCCCCCCCC)Cc1cc(CCCC)c(OCCOCCCC)c(C[N+](CCCCCCCCCCCC)(CCCCCCCCCCCC)CCCCCCCCCCCC)c1. The second kappa shape index (κ2) is 71.7. The number of rotatable bonds is 80. The predicted molar refractivity (Wildman–Crippen MR) is 424 cm³/mol. The molecule has 0 unspecified atom stereocenters. The largest absolute Gasteiger partial charge is 0.490 e. The lowest BCUT2D eigenvalue weighted by Crippen LogP contribution is -2.50. The van der Waals surface area contributed by atoms with Gasteiger partial charge in [-0.05, 0) is 114 Å². The van der Waals surface area contributed by atoms with E-state index in [4.69, 9.17) is 9.47 Å². The molecule has 0 atom stereocenters. The summed E-state index contributed by atoms with van der Waals surface area (Å²) >= 11 is 0. The Morgan fingerprint density at radius 3 is 0.691 bits per heavy atom. The van der Waals surface area contributed by atoms with E-state index in [1.165, 1.54) is 471 Å². The highest BCUT2D eigenvalue weighted by atomic mass is 16.5. The fourth-order valence-corrected chi connectivity index (χ4v) is 15.8. The lowest BCUT2D eigenvalue weighted by Gasteiger charge is -2.41. The van der Waals surface area contributed by atoms with Gasteiger partial charge in [0.2, 0.25) is 0 Å². The Balaban J connectivity index is 4.06. The standard InChI is InChI=1S/C90H178N2O2/c1-9-17-25-31-37-43-49-55-61-67-74-91(75-68-62-56-50-44-38-32-26-18-10-2,76-69-63-57-51-45-39-33-27-19-11-3)85-87-83-88(73-23-15-7)90(94-82-81-93-80-24-16-8)89(84-87)86-92(77-70-64-58-52-46-40-34-28-20-12-4,78-71-65-59-53-47-41-35-29-21-13-5)79-72-66-60-54-48-42-36-30-22-14-6/h83-84H,9-82,85-86H2,1-8H3/q+2. The molecule has 0 heterocycles. The monoisotopic (exact) mass is 1320 g/mol. The summed E-state index contributed by atoms with van der Waals surface area (Å²) in [5.41, 5.74) is 4.78.